The summed E-state index contributed by atoms with van der Waals surface area (Å²) in [5, 5.41) is 11.3. The van der Waals surface area contributed by atoms with Gasteiger partial charge in [0, 0.05) is 30.2 Å². The van der Waals surface area contributed by atoms with E-state index >= 15 is 0 Å². The minimum Gasteiger partial charge on any atom is -0.390 e. The number of likely N-dealkylation sites (tertiary alicyclic amines) is 1. The maximum atomic E-state index is 12.7. The fourth-order valence-corrected chi connectivity index (χ4v) is 3.08. The minimum absolute atomic E-state index is 0.0447. The topological polar surface area (TPSA) is 53.4 Å². The van der Waals surface area contributed by atoms with Gasteiger partial charge in [-0.15, -0.1) is 0 Å². The number of pyridine rings is 1. The number of carbonyl (C=O) groups excluding carboxylic acids is 1. The Morgan fingerprint density at radius 3 is 2.73 bits per heavy atom. The van der Waals surface area contributed by atoms with Crippen molar-refractivity contribution in [2.24, 2.45) is 0 Å². The second-order valence-electron chi connectivity index (χ2n) is 6.23. The Bertz CT molecular complexity index is 703. The fourth-order valence-electron chi connectivity index (χ4n) is 3.08. The second kappa shape index (κ2) is 5.69. The van der Waals surface area contributed by atoms with Gasteiger partial charge in [-0.3, -0.25) is 9.78 Å². The molecule has 0 aliphatic carbocycles. The molecule has 4 heteroatoms. The number of aromatic nitrogens is 1. The van der Waals surface area contributed by atoms with Crippen LogP contribution in [-0.4, -0.2) is 39.6 Å². The molecule has 1 aromatic carbocycles. The Morgan fingerprint density at radius 2 is 2.05 bits per heavy atom. The Morgan fingerprint density at radius 1 is 1.32 bits per heavy atom. The molecule has 3 rings (SSSR count). The third kappa shape index (κ3) is 2.71. The molecule has 1 aromatic heterocycles. The molecule has 4 nitrogen and oxygen atoms in total. The summed E-state index contributed by atoms with van der Waals surface area (Å²) in [5.74, 6) is 0.0447. The first-order valence-electron chi connectivity index (χ1n) is 7.89. The van der Waals surface area contributed by atoms with Gasteiger partial charge in [-0.25, -0.2) is 0 Å². The summed E-state index contributed by atoms with van der Waals surface area (Å²) in [5.41, 5.74) is 2.14. The van der Waals surface area contributed by atoms with Crippen molar-refractivity contribution < 1.29 is 9.90 Å². The number of benzene rings is 1. The largest absolute Gasteiger partial charge is 0.390 e. The van der Waals surface area contributed by atoms with Gasteiger partial charge in [-0.1, -0.05) is 6.92 Å². The number of nitrogens with zero attached hydrogens (tertiary/aromatic N) is 2. The molecule has 2 heterocycles. The molecule has 0 saturated carbocycles. The molecule has 1 aliphatic rings. The maximum Gasteiger partial charge on any atom is 0.253 e. The molecule has 0 unspecified atom stereocenters. The zero-order valence-corrected chi connectivity index (χ0v) is 13.2. The summed E-state index contributed by atoms with van der Waals surface area (Å²) in [6, 6.07) is 7.64. The summed E-state index contributed by atoms with van der Waals surface area (Å²) < 4.78 is 0. The monoisotopic (exact) mass is 298 g/mol. The highest BCUT2D eigenvalue weighted by molar-refractivity contribution is 5.98. The molecule has 2 aromatic rings. The van der Waals surface area contributed by atoms with Crippen molar-refractivity contribution in [2.75, 3.05) is 13.1 Å². The molecule has 1 N–H and O–H groups in total. The van der Waals surface area contributed by atoms with Gasteiger partial charge in [-0.2, -0.15) is 0 Å². The first-order valence-corrected chi connectivity index (χ1v) is 7.89. The minimum atomic E-state index is -0.597. The molecular formula is C18H22N2O2. The molecule has 0 atom stereocenters. The van der Waals surface area contributed by atoms with E-state index in [-0.39, 0.29) is 5.91 Å². The smallest absolute Gasteiger partial charge is 0.253 e. The number of piperidine rings is 1. The molecule has 116 valence electrons. The van der Waals surface area contributed by atoms with Gasteiger partial charge in [0.15, 0.2) is 0 Å². The van der Waals surface area contributed by atoms with Gasteiger partial charge < -0.3 is 10.0 Å². The van der Waals surface area contributed by atoms with Crippen molar-refractivity contribution in [1.82, 2.24) is 9.88 Å². The van der Waals surface area contributed by atoms with Gasteiger partial charge >= 0.3 is 0 Å². The molecular weight excluding hydrogens is 276 g/mol. The van der Waals surface area contributed by atoms with Crippen molar-refractivity contribution >= 4 is 16.8 Å². The molecule has 1 saturated heterocycles. The zero-order valence-electron chi connectivity index (χ0n) is 13.2. The highest BCUT2D eigenvalue weighted by Gasteiger charge is 2.32. The second-order valence-corrected chi connectivity index (χ2v) is 6.23. The number of fused-ring (bicyclic) bond motifs is 1. The Balaban J connectivity index is 1.83. The maximum absolute atomic E-state index is 12.7. The van der Waals surface area contributed by atoms with Crippen LogP contribution in [-0.2, 0) is 0 Å². The van der Waals surface area contributed by atoms with Crippen LogP contribution in [0.1, 0.15) is 42.1 Å². The third-order valence-corrected chi connectivity index (χ3v) is 4.85. The van der Waals surface area contributed by atoms with Crippen molar-refractivity contribution in [2.45, 2.75) is 38.7 Å². The summed E-state index contributed by atoms with van der Waals surface area (Å²) >= 11 is 0. The van der Waals surface area contributed by atoms with E-state index < -0.39 is 5.60 Å². The van der Waals surface area contributed by atoms with E-state index in [0.29, 0.717) is 31.5 Å². The van der Waals surface area contributed by atoms with Crippen LogP contribution in [0.15, 0.2) is 30.5 Å². The van der Waals surface area contributed by atoms with E-state index in [1.165, 1.54) is 0 Å². The van der Waals surface area contributed by atoms with Crippen LogP contribution in [0.5, 0.6) is 0 Å². The van der Waals surface area contributed by atoms with Gasteiger partial charge in [0.2, 0.25) is 0 Å². The molecule has 0 bridgehead atoms. The van der Waals surface area contributed by atoms with Crippen molar-refractivity contribution in [3.63, 3.8) is 0 Å². The van der Waals surface area contributed by atoms with Gasteiger partial charge in [0.05, 0.1) is 11.1 Å². The molecule has 0 radical (unpaired) electrons. The lowest BCUT2D eigenvalue weighted by atomic mass is 9.89. The van der Waals surface area contributed by atoms with Crippen molar-refractivity contribution in [3.8, 4) is 0 Å². The standard InChI is InChI=1S/C18H22N2O2/c1-3-18(22)7-10-20(11-8-18)17(21)14-4-5-16-15(12-14)13(2)6-9-19-16/h4-6,9,12,22H,3,7-8,10-11H2,1-2H3. The highest BCUT2D eigenvalue weighted by atomic mass is 16.3. The third-order valence-electron chi connectivity index (χ3n) is 4.85. The SMILES string of the molecule is CCC1(O)CCN(C(=O)c2ccc3nccc(C)c3c2)CC1. The van der Waals surface area contributed by atoms with Crippen LogP contribution in [0, 0.1) is 6.92 Å². The van der Waals surface area contributed by atoms with E-state index in [1.54, 1.807) is 6.20 Å². The normalized spacial score (nSPS) is 17.7. The first kappa shape index (κ1) is 15.0. The summed E-state index contributed by atoms with van der Waals surface area (Å²) in [6.07, 6.45) is 3.85. The van der Waals surface area contributed by atoms with E-state index in [2.05, 4.69) is 4.98 Å². The first-order chi connectivity index (χ1) is 10.5. The summed E-state index contributed by atoms with van der Waals surface area (Å²) in [4.78, 5) is 18.8. The molecule has 1 amide bonds. The van der Waals surface area contributed by atoms with Crippen LogP contribution < -0.4 is 0 Å². The van der Waals surface area contributed by atoms with Gasteiger partial charge in [0.25, 0.3) is 5.91 Å². The number of aryl methyl sites for hydroxylation is 1. The fraction of sp³-hybridized carbons (Fsp3) is 0.444. The number of carbonyl (C=O) groups is 1. The van der Waals surface area contributed by atoms with E-state index in [9.17, 15) is 9.90 Å². The zero-order chi connectivity index (χ0) is 15.7. The van der Waals surface area contributed by atoms with Gasteiger partial charge in [-0.05, 0) is 56.0 Å². The predicted molar refractivity (Wildman–Crippen MR) is 86.9 cm³/mol. The quantitative estimate of drug-likeness (QED) is 0.927. The van der Waals surface area contributed by atoms with Crippen molar-refractivity contribution in [1.29, 1.82) is 0 Å². The van der Waals surface area contributed by atoms with Crippen LogP contribution in [0.3, 0.4) is 0 Å². The Hall–Kier alpha value is -1.94. The lowest BCUT2D eigenvalue weighted by Gasteiger charge is -2.37. The number of hydrogen-bond acceptors (Lipinski definition) is 3. The number of amides is 1. The molecule has 0 spiro atoms. The van der Waals surface area contributed by atoms with Gasteiger partial charge in [0.1, 0.15) is 0 Å². The van der Waals surface area contributed by atoms with Crippen LogP contribution in [0.25, 0.3) is 10.9 Å². The van der Waals surface area contributed by atoms with E-state index in [1.807, 2.05) is 43.0 Å². The van der Waals surface area contributed by atoms with Crippen LogP contribution in [0.2, 0.25) is 0 Å². The van der Waals surface area contributed by atoms with Crippen LogP contribution in [0.4, 0.5) is 0 Å². The number of rotatable bonds is 2. The van der Waals surface area contributed by atoms with E-state index in [4.69, 9.17) is 0 Å². The predicted octanol–water partition coefficient (Wildman–Crippen LogP) is 2.92. The van der Waals surface area contributed by atoms with E-state index in [0.717, 1.165) is 22.9 Å². The Kier molecular flexibility index (Phi) is 3.87. The average Bonchev–Trinajstić information content (AvgIpc) is 2.55. The summed E-state index contributed by atoms with van der Waals surface area (Å²) in [7, 11) is 0. The Labute approximate surface area is 130 Å². The molecule has 22 heavy (non-hydrogen) atoms. The molecule has 1 fully saturated rings. The lowest BCUT2D eigenvalue weighted by Crippen LogP contribution is -2.46. The number of hydrogen-bond donors (Lipinski definition) is 1. The summed E-state index contributed by atoms with van der Waals surface area (Å²) in [6.45, 7) is 5.26. The average molecular weight is 298 g/mol. The molecule has 1 aliphatic heterocycles. The number of aliphatic hydroxyl groups is 1. The van der Waals surface area contributed by atoms with Crippen molar-refractivity contribution in [3.05, 3.63) is 41.6 Å². The van der Waals surface area contributed by atoms with Crippen LogP contribution >= 0.6 is 0 Å². The highest BCUT2D eigenvalue weighted by Crippen LogP contribution is 2.26. The lowest BCUT2D eigenvalue weighted by molar-refractivity contribution is -0.0193.